The summed E-state index contributed by atoms with van der Waals surface area (Å²) in [5.41, 5.74) is 2.73. The molecule has 0 spiro atoms. The molecule has 0 aliphatic carbocycles. The molecule has 0 amide bonds. The van der Waals surface area contributed by atoms with E-state index >= 15 is 0 Å². The highest BCUT2D eigenvalue weighted by molar-refractivity contribution is 8.01. The molecule has 1 N–H and O–H groups in total. The van der Waals surface area contributed by atoms with Gasteiger partial charge in [0.15, 0.2) is 17.3 Å². The van der Waals surface area contributed by atoms with Crippen LogP contribution in [0.4, 0.5) is 0 Å². The summed E-state index contributed by atoms with van der Waals surface area (Å²) in [4.78, 5) is 16.8. The number of Topliss-reactive ketones (excluding diaryl/α,β-unsaturated/α-hetero) is 1. The van der Waals surface area contributed by atoms with Gasteiger partial charge in [0, 0.05) is 12.1 Å². The fourth-order valence-corrected chi connectivity index (χ4v) is 4.17. The molecule has 0 saturated carbocycles. The first-order valence-electron chi connectivity index (χ1n) is 10.2. The Morgan fingerprint density at radius 3 is 2.72 bits per heavy atom. The Labute approximate surface area is 178 Å². The van der Waals surface area contributed by atoms with Gasteiger partial charge in [-0.2, -0.15) is 5.26 Å². The molecule has 1 aliphatic rings. The van der Waals surface area contributed by atoms with E-state index in [0.717, 1.165) is 36.2 Å². The molecule has 1 aromatic rings. The number of fused-ring (bicyclic) bond motifs is 1. The van der Waals surface area contributed by atoms with E-state index in [2.05, 4.69) is 23.3 Å². The summed E-state index contributed by atoms with van der Waals surface area (Å²) in [6, 6.07) is 6.15. The molecule has 7 heteroatoms. The fourth-order valence-electron chi connectivity index (χ4n) is 3.28. The number of aliphatic imine (C=N–C) groups is 1. The number of nitriles is 1. The number of nitrogens with zero attached hydrogens (tertiary/aromatic N) is 2. The van der Waals surface area contributed by atoms with Crippen LogP contribution in [-0.2, 0) is 11.2 Å². The topological polar surface area (TPSA) is 83.7 Å². The van der Waals surface area contributed by atoms with Crippen molar-refractivity contribution in [1.82, 2.24) is 5.32 Å². The lowest BCUT2D eigenvalue weighted by Crippen LogP contribution is -2.28. The molecule has 0 radical (unpaired) electrons. The number of carbonyl (C=O) groups is 1. The summed E-state index contributed by atoms with van der Waals surface area (Å²) in [6.07, 6.45) is 5.51. The van der Waals surface area contributed by atoms with E-state index in [1.807, 2.05) is 12.1 Å². The van der Waals surface area contributed by atoms with Crippen LogP contribution in [0.5, 0.6) is 11.5 Å². The Morgan fingerprint density at radius 2 is 2.03 bits per heavy atom. The average molecular weight is 418 g/mol. The molecule has 0 saturated heterocycles. The zero-order valence-corrected chi connectivity index (χ0v) is 18.4. The van der Waals surface area contributed by atoms with Gasteiger partial charge in [0.2, 0.25) is 0 Å². The number of thioether (sulfide) groups is 1. The number of methoxy groups -OCH3 is 2. The summed E-state index contributed by atoms with van der Waals surface area (Å²) < 4.78 is 10.8. The second-order valence-electron chi connectivity index (χ2n) is 6.98. The molecule has 0 fully saturated rings. The number of hydrogen-bond donors (Lipinski definition) is 1. The molecule has 2 rings (SSSR count). The van der Waals surface area contributed by atoms with Crippen molar-refractivity contribution in [2.75, 3.05) is 39.6 Å². The van der Waals surface area contributed by atoms with Gasteiger partial charge < -0.3 is 14.8 Å². The average Bonchev–Trinajstić information content (AvgIpc) is 2.75. The largest absolute Gasteiger partial charge is 0.493 e. The quantitative estimate of drug-likeness (QED) is 0.495. The van der Waals surface area contributed by atoms with Crippen molar-refractivity contribution in [3.8, 4) is 17.6 Å². The van der Waals surface area contributed by atoms with Crippen LogP contribution in [0.3, 0.4) is 0 Å². The SMILES string of the molecule is CCCCCCNCC(=O)CSC(C#N)C1=NCCc2cc(OC)c(OC)cc21. The summed E-state index contributed by atoms with van der Waals surface area (Å²) >= 11 is 1.34. The first kappa shape index (κ1) is 23.2. The highest BCUT2D eigenvalue weighted by Gasteiger charge is 2.25. The van der Waals surface area contributed by atoms with Crippen molar-refractivity contribution < 1.29 is 14.3 Å². The number of hydrogen-bond acceptors (Lipinski definition) is 7. The number of carbonyl (C=O) groups excluding carboxylic acids is 1. The molecule has 1 atom stereocenters. The van der Waals surface area contributed by atoms with Crippen LogP contribution in [0, 0.1) is 11.3 Å². The predicted octanol–water partition coefficient (Wildman–Crippen LogP) is 3.41. The van der Waals surface area contributed by atoms with E-state index < -0.39 is 5.25 Å². The van der Waals surface area contributed by atoms with Crippen LogP contribution in [-0.4, -0.2) is 56.4 Å². The van der Waals surface area contributed by atoms with Gasteiger partial charge in [-0.05, 0) is 37.1 Å². The van der Waals surface area contributed by atoms with Gasteiger partial charge in [-0.3, -0.25) is 9.79 Å². The first-order valence-corrected chi connectivity index (χ1v) is 11.2. The van der Waals surface area contributed by atoms with Gasteiger partial charge in [-0.25, -0.2) is 0 Å². The van der Waals surface area contributed by atoms with Crippen LogP contribution >= 0.6 is 11.8 Å². The lowest BCUT2D eigenvalue weighted by Gasteiger charge is -2.22. The normalized spacial score (nSPS) is 13.8. The number of benzene rings is 1. The summed E-state index contributed by atoms with van der Waals surface area (Å²) in [5, 5.41) is 12.4. The standard InChI is InChI=1S/C22H31N3O3S/c1-4-5-6-7-9-24-14-17(26)15-29-21(13-23)22-18-12-20(28-3)19(27-2)11-16(18)8-10-25-22/h11-12,21,24H,4-10,14-15H2,1-3H3. The molecule has 6 nitrogen and oxygen atoms in total. The molecule has 158 valence electrons. The maximum Gasteiger partial charge on any atom is 0.161 e. The van der Waals surface area contributed by atoms with Crippen LogP contribution in [0.1, 0.15) is 43.7 Å². The minimum atomic E-state index is -0.486. The molecule has 0 aromatic heterocycles. The van der Waals surface area contributed by atoms with Crippen LogP contribution in [0.2, 0.25) is 0 Å². The third kappa shape index (κ3) is 6.76. The number of rotatable bonds is 13. The summed E-state index contributed by atoms with van der Waals surface area (Å²) in [7, 11) is 3.20. The third-order valence-corrected chi connectivity index (χ3v) is 6.01. The third-order valence-electron chi connectivity index (χ3n) is 4.85. The highest BCUT2D eigenvalue weighted by atomic mass is 32.2. The first-order chi connectivity index (χ1) is 14.1. The van der Waals surface area contributed by atoms with Gasteiger partial charge in [0.1, 0.15) is 5.25 Å². The number of ketones is 1. The second-order valence-corrected chi connectivity index (χ2v) is 8.07. The molecule has 1 heterocycles. The smallest absolute Gasteiger partial charge is 0.161 e. The lowest BCUT2D eigenvalue weighted by atomic mass is 9.95. The number of ether oxygens (including phenoxy) is 2. The Hall–Kier alpha value is -2.04. The van der Waals surface area contributed by atoms with Crippen molar-refractivity contribution >= 4 is 23.3 Å². The molecule has 29 heavy (non-hydrogen) atoms. The van der Waals surface area contributed by atoms with E-state index in [0.29, 0.717) is 30.3 Å². The van der Waals surface area contributed by atoms with Crippen LogP contribution < -0.4 is 14.8 Å². The second kappa shape index (κ2) is 12.5. The molecular weight excluding hydrogens is 386 g/mol. The van der Waals surface area contributed by atoms with E-state index in [1.165, 1.54) is 31.0 Å². The molecule has 0 bridgehead atoms. The Kier molecular flexibility index (Phi) is 10.0. The maximum atomic E-state index is 12.2. The minimum absolute atomic E-state index is 0.106. The van der Waals surface area contributed by atoms with Gasteiger partial charge in [0.05, 0.1) is 38.3 Å². The Balaban J connectivity index is 1.95. The van der Waals surface area contributed by atoms with Gasteiger partial charge >= 0.3 is 0 Å². The summed E-state index contributed by atoms with van der Waals surface area (Å²) in [6.45, 7) is 4.02. The summed E-state index contributed by atoms with van der Waals surface area (Å²) in [5.74, 6) is 1.69. The van der Waals surface area contributed by atoms with E-state index in [1.54, 1.807) is 14.2 Å². The van der Waals surface area contributed by atoms with Crippen molar-refractivity contribution in [3.05, 3.63) is 23.3 Å². The minimum Gasteiger partial charge on any atom is -0.493 e. The molecule has 1 unspecified atom stereocenters. The van der Waals surface area contributed by atoms with Gasteiger partial charge in [-0.1, -0.05) is 26.2 Å². The van der Waals surface area contributed by atoms with Gasteiger partial charge in [-0.15, -0.1) is 11.8 Å². The van der Waals surface area contributed by atoms with Crippen LogP contribution in [0.25, 0.3) is 0 Å². The van der Waals surface area contributed by atoms with Crippen molar-refractivity contribution in [1.29, 1.82) is 5.26 Å². The maximum absolute atomic E-state index is 12.2. The molecule has 1 aliphatic heterocycles. The number of unbranched alkanes of at least 4 members (excludes halogenated alkanes) is 3. The zero-order valence-electron chi connectivity index (χ0n) is 17.6. The van der Waals surface area contributed by atoms with Crippen molar-refractivity contribution in [2.45, 2.75) is 44.3 Å². The lowest BCUT2D eigenvalue weighted by molar-refractivity contribution is -0.115. The van der Waals surface area contributed by atoms with Crippen molar-refractivity contribution in [3.63, 3.8) is 0 Å². The van der Waals surface area contributed by atoms with E-state index in [-0.39, 0.29) is 5.78 Å². The van der Waals surface area contributed by atoms with Crippen molar-refractivity contribution in [2.24, 2.45) is 4.99 Å². The fraction of sp³-hybridized carbons (Fsp3) is 0.591. The monoisotopic (exact) mass is 417 g/mol. The van der Waals surface area contributed by atoms with E-state index in [9.17, 15) is 10.1 Å². The highest BCUT2D eigenvalue weighted by Crippen LogP contribution is 2.34. The zero-order chi connectivity index (χ0) is 21.1. The van der Waals surface area contributed by atoms with Crippen LogP contribution in [0.15, 0.2) is 17.1 Å². The Morgan fingerprint density at radius 1 is 1.28 bits per heavy atom. The number of nitrogens with one attached hydrogen (secondary N) is 1. The molecular formula is C22H31N3O3S. The predicted molar refractivity (Wildman–Crippen MR) is 119 cm³/mol. The van der Waals surface area contributed by atoms with E-state index in [4.69, 9.17) is 9.47 Å². The molecule has 1 aromatic carbocycles. The Bertz CT molecular complexity index is 758. The van der Waals surface area contributed by atoms with Gasteiger partial charge in [0.25, 0.3) is 0 Å².